The molecule has 0 bridgehead atoms. The summed E-state index contributed by atoms with van der Waals surface area (Å²) >= 11 is 0. The second kappa shape index (κ2) is 12.7. The van der Waals surface area contributed by atoms with Crippen LogP contribution in [0.2, 0.25) is 0 Å². The van der Waals surface area contributed by atoms with E-state index in [4.69, 9.17) is 5.73 Å². The van der Waals surface area contributed by atoms with Crippen LogP contribution in [-0.4, -0.2) is 49.0 Å². The van der Waals surface area contributed by atoms with Gasteiger partial charge in [0.25, 0.3) is 0 Å². The lowest BCUT2D eigenvalue weighted by molar-refractivity contribution is -0.120. The fraction of sp³-hybridized carbons (Fsp3) is 0.368. The molecule has 0 spiro atoms. The Hall–Kier alpha value is -1.73. The van der Waals surface area contributed by atoms with Crippen LogP contribution >= 0.6 is 37.2 Å². The van der Waals surface area contributed by atoms with Gasteiger partial charge in [0.1, 0.15) is 5.82 Å². The Morgan fingerprint density at radius 3 is 2.18 bits per heavy atom. The number of piperazine rings is 1. The number of hydrogen-bond acceptors (Lipinski definition) is 5. The minimum Gasteiger partial charge on any atom is -0.399 e. The van der Waals surface area contributed by atoms with Crippen LogP contribution in [-0.2, 0) is 17.8 Å². The highest BCUT2D eigenvalue weighted by Crippen LogP contribution is 2.13. The van der Waals surface area contributed by atoms with Crippen LogP contribution in [0.1, 0.15) is 11.1 Å². The van der Waals surface area contributed by atoms with Crippen LogP contribution in [0.25, 0.3) is 0 Å². The molecule has 1 aromatic carbocycles. The van der Waals surface area contributed by atoms with Gasteiger partial charge in [0.2, 0.25) is 5.91 Å². The van der Waals surface area contributed by atoms with Crippen molar-refractivity contribution in [3.05, 3.63) is 53.7 Å². The molecular formula is C19H28Cl3N5O. The second-order valence-corrected chi connectivity index (χ2v) is 6.51. The molecule has 0 radical (unpaired) electrons. The number of hydrogen-bond donors (Lipinski definition) is 2. The maximum absolute atomic E-state index is 12.0. The normalized spacial score (nSPS) is 13.5. The fourth-order valence-corrected chi connectivity index (χ4v) is 2.83. The molecule has 3 N–H and O–H groups in total. The lowest BCUT2D eigenvalue weighted by Crippen LogP contribution is -2.44. The van der Waals surface area contributed by atoms with Gasteiger partial charge >= 0.3 is 0 Å². The average Bonchev–Trinajstić information content (AvgIpc) is 2.63. The van der Waals surface area contributed by atoms with E-state index in [1.54, 1.807) is 0 Å². The zero-order chi connectivity index (χ0) is 17.6. The molecule has 1 aliphatic rings. The standard InChI is InChI=1S/C19H25N5O.3ClH/c1-23-8-10-24(11-9-23)18-7-4-16(13-21-18)14-22-19(25)12-15-2-5-17(20)6-3-15;;;/h2-7,13H,8-12,14,20H2,1H3,(H,22,25);3*1H. The van der Waals surface area contributed by atoms with E-state index in [-0.39, 0.29) is 43.1 Å². The number of aromatic nitrogens is 1. The highest BCUT2D eigenvalue weighted by Gasteiger charge is 2.15. The van der Waals surface area contributed by atoms with Gasteiger partial charge in [0.05, 0.1) is 6.42 Å². The summed E-state index contributed by atoms with van der Waals surface area (Å²) < 4.78 is 0. The smallest absolute Gasteiger partial charge is 0.224 e. The number of carbonyl (C=O) groups excluding carboxylic acids is 1. The Labute approximate surface area is 185 Å². The largest absolute Gasteiger partial charge is 0.399 e. The summed E-state index contributed by atoms with van der Waals surface area (Å²) in [6, 6.07) is 11.4. The van der Waals surface area contributed by atoms with Crippen molar-refractivity contribution in [2.45, 2.75) is 13.0 Å². The van der Waals surface area contributed by atoms with Crippen LogP contribution in [0.15, 0.2) is 42.6 Å². The molecule has 9 heteroatoms. The zero-order valence-corrected chi connectivity index (χ0v) is 18.3. The monoisotopic (exact) mass is 447 g/mol. The first-order valence-corrected chi connectivity index (χ1v) is 8.60. The van der Waals surface area contributed by atoms with Crippen molar-refractivity contribution >= 4 is 54.6 Å². The van der Waals surface area contributed by atoms with E-state index < -0.39 is 0 Å². The second-order valence-electron chi connectivity index (χ2n) is 6.51. The predicted octanol–water partition coefficient (Wildman–Crippen LogP) is 2.54. The lowest BCUT2D eigenvalue weighted by Gasteiger charge is -2.33. The predicted molar refractivity (Wildman–Crippen MR) is 122 cm³/mol. The van der Waals surface area contributed by atoms with Gasteiger partial charge in [-0.15, -0.1) is 37.2 Å². The number of likely N-dealkylation sites (N-methyl/N-ethyl adjacent to an activating group) is 1. The molecule has 0 aliphatic carbocycles. The van der Waals surface area contributed by atoms with Crippen molar-refractivity contribution in [1.82, 2.24) is 15.2 Å². The number of nitrogen functional groups attached to an aromatic ring is 1. The number of carbonyl (C=O) groups is 1. The molecule has 1 fully saturated rings. The molecule has 6 nitrogen and oxygen atoms in total. The Morgan fingerprint density at radius 2 is 1.61 bits per heavy atom. The van der Waals surface area contributed by atoms with Crippen LogP contribution in [0.5, 0.6) is 0 Å². The van der Waals surface area contributed by atoms with Gasteiger partial charge in [-0.2, -0.15) is 0 Å². The first-order chi connectivity index (χ1) is 12.1. The van der Waals surface area contributed by atoms with Crippen LogP contribution in [0, 0.1) is 0 Å². The molecule has 1 aliphatic heterocycles. The van der Waals surface area contributed by atoms with E-state index >= 15 is 0 Å². The molecular weight excluding hydrogens is 421 g/mol. The third-order valence-electron chi connectivity index (χ3n) is 4.47. The summed E-state index contributed by atoms with van der Waals surface area (Å²) in [6.07, 6.45) is 2.20. The van der Waals surface area contributed by atoms with Crippen molar-refractivity contribution in [2.24, 2.45) is 0 Å². The van der Waals surface area contributed by atoms with E-state index in [2.05, 4.69) is 27.1 Å². The molecule has 0 unspecified atom stereocenters. The van der Waals surface area contributed by atoms with Crippen molar-refractivity contribution < 1.29 is 4.79 Å². The number of halogens is 3. The molecule has 156 valence electrons. The Kier molecular flexibility index (Phi) is 11.9. The van der Waals surface area contributed by atoms with Crippen molar-refractivity contribution in [3.63, 3.8) is 0 Å². The van der Waals surface area contributed by atoms with Crippen molar-refractivity contribution in [3.8, 4) is 0 Å². The summed E-state index contributed by atoms with van der Waals surface area (Å²) in [7, 11) is 2.14. The molecule has 2 heterocycles. The van der Waals surface area contributed by atoms with Gasteiger partial charge in [-0.05, 0) is 36.4 Å². The Bertz CT molecular complexity index is 705. The molecule has 0 saturated carbocycles. The highest BCUT2D eigenvalue weighted by atomic mass is 35.5. The Morgan fingerprint density at radius 1 is 1.00 bits per heavy atom. The zero-order valence-electron chi connectivity index (χ0n) is 15.8. The first-order valence-electron chi connectivity index (χ1n) is 8.60. The van der Waals surface area contributed by atoms with E-state index in [1.807, 2.05) is 42.6 Å². The van der Waals surface area contributed by atoms with Crippen LogP contribution < -0.4 is 16.0 Å². The molecule has 1 amide bonds. The number of nitrogens with two attached hydrogens (primary N) is 1. The lowest BCUT2D eigenvalue weighted by atomic mass is 10.1. The van der Waals surface area contributed by atoms with E-state index in [1.165, 1.54) is 0 Å². The summed E-state index contributed by atoms with van der Waals surface area (Å²) in [6.45, 7) is 4.61. The molecule has 1 saturated heterocycles. The number of nitrogens with zero attached hydrogens (tertiary/aromatic N) is 3. The summed E-state index contributed by atoms with van der Waals surface area (Å²) in [4.78, 5) is 21.2. The summed E-state index contributed by atoms with van der Waals surface area (Å²) in [5.74, 6) is 0.998. The summed E-state index contributed by atoms with van der Waals surface area (Å²) in [5.41, 5.74) is 8.31. The number of amides is 1. The topological polar surface area (TPSA) is 74.5 Å². The van der Waals surface area contributed by atoms with Gasteiger partial charge in [0.15, 0.2) is 0 Å². The van der Waals surface area contributed by atoms with Crippen molar-refractivity contribution in [2.75, 3.05) is 43.9 Å². The van der Waals surface area contributed by atoms with E-state index in [9.17, 15) is 4.79 Å². The molecule has 2 aromatic rings. The first kappa shape index (κ1) is 26.3. The number of rotatable bonds is 5. The van der Waals surface area contributed by atoms with Crippen LogP contribution in [0.3, 0.4) is 0 Å². The van der Waals surface area contributed by atoms with Crippen molar-refractivity contribution in [1.29, 1.82) is 0 Å². The molecule has 1 aromatic heterocycles. The van der Waals surface area contributed by atoms with Gasteiger partial charge in [-0.3, -0.25) is 4.79 Å². The number of pyridine rings is 1. The fourth-order valence-electron chi connectivity index (χ4n) is 2.83. The Balaban J connectivity index is 0.00000243. The minimum atomic E-state index is -0.00656. The van der Waals surface area contributed by atoms with E-state index in [0.29, 0.717) is 18.7 Å². The third-order valence-corrected chi connectivity index (χ3v) is 4.47. The van der Waals surface area contributed by atoms with E-state index in [0.717, 1.165) is 43.1 Å². The number of benzene rings is 1. The minimum absolute atomic E-state index is 0. The van der Waals surface area contributed by atoms with Crippen LogP contribution in [0.4, 0.5) is 11.5 Å². The average molecular weight is 449 g/mol. The SMILES string of the molecule is CN1CCN(c2ccc(CNC(=O)Cc3ccc(N)cc3)cn2)CC1.Cl.Cl.Cl. The third kappa shape index (κ3) is 7.72. The van der Waals surface area contributed by atoms with Gasteiger partial charge in [-0.1, -0.05) is 18.2 Å². The molecule has 0 atom stereocenters. The molecule has 28 heavy (non-hydrogen) atoms. The maximum Gasteiger partial charge on any atom is 0.224 e. The summed E-state index contributed by atoms with van der Waals surface area (Å²) in [5, 5.41) is 2.94. The van der Waals surface area contributed by atoms with Gasteiger partial charge in [0, 0.05) is 44.6 Å². The molecule has 3 rings (SSSR count). The number of nitrogens with one attached hydrogen (secondary N) is 1. The van der Waals surface area contributed by atoms with Gasteiger partial charge in [-0.25, -0.2) is 4.98 Å². The van der Waals surface area contributed by atoms with Gasteiger partial charge < -0.3 is 20.9 Å². The number of anilines is 2. The quantitative estimate of drug-likeness (QED) is 0.688. The maximum atomic E-state index is 12.0. The highest BCUT2D eigenvalue weighted by molar-refractivity contribution is 5.86.